The van der Waals surface area contributed by atoms with Gasteiger partial charge in [0.05, 0.1) is 5.02 Å². The fourth-order valence-electron chi connectivity index (χ4n) is 1.36. The molecule has 0 amide bonds. The van der Waals surface area contributed by atoms with Crippen LogP contribution in [0.3, 0.4) is 0 Å². The summed E-state index contributed by atoms with van der Waals surface area (Å²) < 4.78 is 12.9. The van der Waals surface area contributed by atoms with Crippen LogP contribution in [0.4, 0.5) is 4.39 Å². The second-order valence-corrected chi connectivity index (χ2v) is 3.59. The van der Waals surface area contributed by atoms with Gasteiger partial charge in [0.1, 0.15) is 5.82 Å². The molecule has 0 aliphatic heterocycles. The maximum Gasteiger partial charge on any atom is 0.141 e. The van der Waals surface area contributed by atoms with Crippen LogP contribution in [0, 0.1) is 5.82 Å². The topological polar surface area (TPSA) is 38.0 Å². The predicted molar refractivity (Wildman–Crippen MR) is 56.4 cm³/mol. The molecule has 78 valence electrons. The van der Waals surface area contributed by atoms with E-state index in [-0.39, 0.29) is 11.1 Å². The van der Waals surface area contributed by atoms with Crippen molar-refractivity contribution < 1.29 is 4.39 Å². The molecule has 1 unspecified atom stereocenters. The molecule has 1 rings (SSSR count). The van der Waals surface area contributed by atoms with E-state index in [1.165, 1.54) is 6.07 Å². The van der Waals surface area contributed by atoms with Crippen molar-refractivity contribution in [2.24, 2.45) is 5.84 Å². The van der Waals surface area contributed by atoms with Crippen molar-refractivity contribution in [3.05, 3.63) is 34.6 Å². The van der Waals surface area contributed by atoms with Gasteiger partial charge < -0.3 is 0 Å². The van der Waals surface area contributed by atoms with E-state index in [1.807, 2.05) is 0 Å². The molecule has 0 saturated heterocycles. The van der Waals surface area contributed by atoms with Crippen LogP contribution >= 0.6 is 11.6 Å². The van der Waals surface area contributed by atoms with Crippen LogP contribution < -0.4 is 11.3 Å². The summed E-state index contributed by atoms with van der Waals surface area (Å²) in [5, 5.41) is 0.138. The Morgan fingerprint density at radius 3 is 2.79 bits per heavy atom. The molecule has 1 aromatic rings. The van der Waals surface area contributed by atoms with E-state index in [2.05, 4.69) is 12.3 Å². The molecule has 0 bridgehead atoms. The molecule has 0 heterocycles. The number of nitrogens with one attached hydrogen (secondary N) is 1. The molecule has 4 heteroatoms. The summed E-state index contributed by atoms with van der Waals surface area (Å²) >= 11 is 5.67. The van der Waals surface area contributed by atoms with E-state index in [0.717, 1.165) is 18.4 Å². The van der Waals surface area contributed by atoms with Crippen molar-refractivity contribution in [3.63, 3.8) is 0 Å². The smallest absolute Gasteiger partial charge is 0.141 e. The molecule has 0 fully saturated rings. The van der Waals surface area contributed by atoms with E-state index in [1.54, 1.807) is 12.1 Å². The highest BCUT2D eigenvalue weighted by molar-refractivity contribution is 6.30. The number of halogens is 2. The van der Waals surface area contributed by atoms with Gasteiger partial charge in [-0.05, 0) is 24.1 Å². The van der Waals surface area contributed by atoms with Crippen molar-refractivity contribution in [3.8, 4) is 0 Å². The fourth-order valence-corrected chi connectivity index (χ4v) is 1.55. The molecule has 0 aliphatic carbocycles. The summed E-state index contributed by atoms with van der Waals surface area (Å²) in [4.78, 5) is 0. The Morgan fingerprint density at radius 1 is 1.57 bits per heavy atom. The molecule has 0 saturated carbocycles. The second-order valence-electron chi connectivity index (χ2n) is 3.18. The lowest BCUT2D eigenvalue weighted by molar-refractivity contribution is 0.509. The van der Waals surface area contributed by atoms with Crippen LogP contribution in [-0.2, 0) is 0 Å². The van der Waals surface area contributed by atoms with Crippen molar-refractivity contribution in [2.75, 3.05) is 0 Å². The van der Waals surface area contributed by atoms with Crippen molar-refractivity contribution in [1.29, 1.82) is 0 Å². The molecule has 2 nitrogen and oxygen atoms in total. The summed E-state index contributed by atoms with van der Waals surface area (Å²) in [5.74, 6) is 4.99. The van der Waals surface area contributed by atoms with Crippen LogP contribution in [0.5, 0.6) is 0 Å². The minimum absolute atomic E-state index is 0.0399. The predicted octanol–water partition coefficient (Wildman–Crippen LogP) is 2.78. The summed E-state index contributed by atoms with van der Waals surface area (Å²) in [6.45, 7) is 2.06. The quantitative estimate of drug-likeness (QED) is 0.600. The lowest BCUT2D eigenvalue weighted by atomic mass is 10.0. The average molecular weight is 217 g/mol. The van der Waals surface area contributed by atoms with Gasteiger partial charge in [-0.2, -0.15) is 0 Å². The summed E-state index contributed by atoms with van der Waals surface area (Å²) in [6, 6.07) is 4.70. The second kappa shape index (κ2) is 5.29. The monoisotopic (exact) mass is 216 g/mol. The van der Waals surface area contributed by atoms with Gasteiger partial charge in [-0.3, -0.25) is 11.3 Å². The number of hydrogen-bond acceptors (Lipinski definition) is 2. The third kappa shape index (κ3) is 2.67. The molecule has 1 atom stereocenters. The zero-order chi connectivity index (χ0) is 10.6. The van der Waals surface area contributed by atoms with E-state index < -0.39 is 5.82 Å². The Kier molecular flexibility index (Phi) is 4.32. The Hall–Kier alpha value is -0.640. The van der Waals surface area contributed by atoms with Gasteiger partial charge in [0.25, 0.3) is 0 Å². The minimum Gasteiger partial charge on any atom is -0.271 e. The first-order valence-electron chi connectivity index (χ1n) is 4.60. The molecular formula is C10H14ClFN2. The molecule has 3 N–H and O–H groups in total. The number of hydrazine groups is 1. The van der Waals surface area contributed by atoms with Crippen molar-refractivity contribution in [2.45, 2.75) is 25.8 Å². The third-order valence-corrected chi connectivity index (χ3v) is 2.41. The molecule has 14 heavy (non-hydrogen) atoms. The Bertz CT molecular complexity index is 304. The summed E-state index contributed by atoms with van der Waals surface area (Å²) in [6.07, 6.45) is 1.91. The van der Waals surface area contributed by atoms with Gasteiger partial charge in [-0.1, -0.05) is 31.0 Å². The van der Waals surface area contributed by atoms with Crippen LogP contribution in [0.15, 0.2) is 18.2 Å². The Morgan fingerprint density at radius 2 is 2.29 bits per heavy atom. The standard InChI is InChI=1S/C10H14ClFN2/c1-2-3-10(14-13)7-4-5-9(12)8(11)6-7/h4-6,10,14H,2-3,13H2,1H3. The maximum absolute atomic E-state index is 12.9. The van der Waals surface area contributed by atoms with Crippen molar-refractivity contribution in [1.82, 2.24) is 5.43 Å². The SMILES string of the molecule is CCCC(NN)c1ccc(F)c(Cl)c1. The number of benzene rings is 1. The third-order valence-electron chi connectivity index (χ3n) is 2.12. The van der Waals surface area contributed by atoms with E-state index in [9.17, 15) is 4.39 Å². The zero-order valence-corrected chi connectivity index (χ0v) is 8.81. The van der Waals surface area contributed by atoms with Crippen molar-refractivity contribution >= 4 is 11.6 Å². The van der Waals surface area contributed by atoms with Crippen LogP contribution in [0.25, 0.3) is 0 Å². The molecule has 1 aromatic carbocycles. The fraction of sp³-hybridized carbons (Fsp3) is 0.400. The Balaban J connectivity index is 2.88. The lowest BCUT2D eigenvalue weighted by Gasteiger charge is -2.15. The highest BCUT2D eigenvalue weighted by Crippen LogP contribution is 2.23. The molecular weight excluding hydrogens is 203 g/mol. The number of rotatable bonds is 4. The summed E-state index contributed by atoms with van der Waals surface area (Å²) in [5.41, 5.74) is 3.60. The van der Waals surface area contributed by atoms with Gasteiger partial charge in [0, 0.05) is 6.04 Å². The molecule has 0 radical (unpaired) electrons. The van der Waals surface area contributed by atoms with Crippen LogP contribution in [-0.4, -0.2) is 0 Å². The van der Waals surface area contributed by atoms with Crippen LogP contribution in [0.1, 0.15) is 31.4 Å². The van der Waals surface area contributed by atoms with E-state index >= 15 is 0 Å². The largest absolute Gasteiger partial charge is 0.271 e. The van der Waals surface area contributed by atoms with Gasteiger partial charge >= 0.3 is 0 Å². The van der Waals surface area contributed by atoms with Gasteiger partial charge in [0.2, 0.25) is 0 Å². The average Bonchev–Trinajstić information content (AvgIpc) is 2.19. The van der Waals surface area contributed by atoms with Crippen LogP contribution in [0.2, 0.25) is 5.02 Å². The molecule has 0 aromatic heterocycles. The lowest BCUT2D eigenvalue weighted by Crippen LogP contribution is -2.27. The minimum atomic E-state index is -0.400. The zero-order valence-electron chi connectivity index (χ0n) is 8.06. The number of hydrogen-bond donors (Lipinski definition) is 2. The Labute approximate surface area is 88.2 Å². The van der Waals surface area contributed by atoms with E-state index in [4.69, 9.17) is 17.4 Å². The molecule has 0 spiro atoms. The van der Waals surface area contributed by atoms with Gasteiger partial charge in [0.15, 0.2) is 0 Å². The normalized spacial score (nSPS) is 12.9. The number of nitrogens with two attached hydrogens (primary N) is 1. The summed E-state index contributed by atoms with van der Waals surface area (Å²) in [7, 11) is 0. The molecule has 0 aliphatic rings. The first-order valence-corrected chi connectivity index (χ1v) is 4.98. The first-order chi connectivity index (χ1) is 6.69. The van der Waals surface area contributed by atoms with Gasteiger partial charge in [-0.25, -0.2) is 4.39 Å². The van der Waals surface area contributed by atoms with Gasteiger partial charge in [-0.15, -0.1) is 0 Å². The van der Waals surface area contributed by atoms with E-state index in [0.29, 0.717) is 0 Å². The first kappa shape index (κ1) is 11.4. The highest BCUT2D eigenvalue weighted by atomic mass is 35.5. The maximum atomic E-state index is 12.9. The highest BCUT2D eigenvalue weighted by Gasteiger charge is 2.10.